The van der Waals surface area contributed by atoms with Crippen molar-refractivity contribution in [3.05, 3.63) is 60.0 Å². The van der Waals surface area contributed by atoms with E-state index in [1.807, 2.05) is 12.1 Å². The minimum Gasteiger partial charge on any atom is -0.369 e. The number of piperazine rings is 1. The van der Waals surface area contributed by atoms with Crippen LogP contribution in [0, 0.1) is 6.92 Å². The Kier molecular flexibility index (Phi) is 5.45. The van der Waals surface area contributed by atoms with E-state index < -0.39 is 0 Å². The fourth-order valence-corrected chi connectivity index (χ4v) is 3.84. The van der Waals surface area contributed by atoms with Gasteiger partial charge in [-0.05, 0) is 49.1 Å². The van der Waals surface area contributed by atoms with Crippen molar-refractivity contribution in [1.29, 1.82) is 0 Å². The van der Waals surface area contributed by atoms with Crippen LogP contribution in [0.2, 0.25) is 0 Å². The highest BCUT2D eigenvalue weighted by Gasteiger charge is 2.20. The Labute approximate surface area is 164 Å². The number of nitrogens with zero attached hydrogens (tertiary/aromatic N) is 4. The molecule has 0 unspecified atom stereocenters. The highest BCUT2D eigenvalue weighted by atomic mass is 32.2. The van der Waals surface area contributed by atoms with E-state index >= 15 is 0 Å². The standard InChI is InChI=1S/C21H24N4OS/c1-16-5-3-4-6-19(16)25-13-11-24(12-14-25)15-20-22-21(23-26-20)17-7-9-18(27-2)10-8-17/h3-10H,11-15H2,1-2H3. The third-order valence-electron chi connectivity index (χ3n) is 5.00. The first-order valence-electron chi connectivity index (χ1n) is 9.23. The van der Waals surface area contributed by atoms with Crippen molar-refractivity contribution in [1.82, 2.24) is 15.0 Å². The molecule has 140 valence electrons. The topological polar surface area (TPSA) is 45.4 Å². The molecule has 0 bridgehead atoms. The normalized spacial score (nSPS) is 15.3. The van der Waals surface area contributed by atoms with Gasteiger partial charge in [-0.1, -0.05) is 23.4 Å². The number of benzene rings is 2. The lowest BCUT2D eigenvalue weighted by atomic mass is 10.1. The van der Waals surface area contributed by atoms with Crippen molar-refractivity contribution in [2.24, 2.45) is 0 Å². The number of rotatable bonds is 5. The lowest BCUT2D eigenvalue weighted by Crippen LogP contribution is -2.46. The molecule has 0 radical (unpaired) electrons. The number of hydrogen-bond acceptors (Lipinski definition) is 6. The Hall–Kier alpha value is -2.31. The molecule has 0 saturated carbocycles. The Bertz CT molecular complexity index is 885. The van der Waals surface area contributed by atoms with Gasteiger partial charge in [0.2, 0.25) is 11.7 Å². The van der Waals surface area contributed by atoms with Crippen LogP contribution in [0.4, 0.5) is 5.69 Å². The molecule has 4 rings (SSSR count). The highest BCUT2D eigenvalue weighted by molar-refractivity contribution is 7.98. The Morgan fingerprint density at radius 1 is 1.00 bits per heavy atom. The minimum absolute atomic E-state index is 0.663. The van der Waals surface area contributed by atoms with Crippen molar-refractivity contribution in [2.75, 3.05) is 37.3 Å². The summed E-state index contributed by atoms with van der Waals surface area (Å²) in [5.41, 5.74) is 3.66. The van der Waals surface area contributed by atoms with Crippen LogP contribution in [-0.2, 0) is 6.54 Å². The number of aromatic nitrogens is 2. The molecule has 0 N–H and O–H groups in total. The summed E-state index contributed by atoms with van der Waals surface area (Å²) in [5, 5.41) is 4.15. The summed E-state index contributed by atoms with van der Waals surface area (Å²) in [7, 11) is 0. The van der Waals surface area contributed by atoms with Gasteiger partial charge < -0.3 is 9.42 Å². The maximum absolute atomic E-state index is 5.49. The van der Waals surface area contributed by atoms with Crippen molar-refractivity contribution < 1.29 is 4.52 Å². The molecule has 1 saturated heterocycles. The third kappa shape index (κ3) is 4.17. The van der Waals surface area contributed by atoms with Gasteiger partial charge in [0.1, 0.15) is 0 Å². The summed E-state index contributed by atoms with van der Waals surface area (Å²) >= 11 is 1.73. The molecule has 1 aromatic heterocycles. The summed E-state index contributed by atoms with van der Waals surface area (Å²) in [6.07, 6.45) is 2.07. The second kappa shape index (κ2) is 8.15. The second-order valence-corrected chi connectivity index (χ2v) is 7.67. The van der Waals surface area contributed by atoms with Crippen LogP contribution < -0.4 is 4.90 Å². The number of para-hydroxylation sites is 1. The molecule has 1 aliphatic rings. The zero-order valence-electron chi connectivity index (χ0n) is 15.8. The van der Waals surface area contributed by atoms with E-state index in [-0.39, 0.29) is 0 Å². The van der Waals surface area contributed by atoms with E-state index in [9.17, 15) is 0 Å². The first kappa shape index (κ1) is 18.1. The van der Waals surface area contributed by atoms with Crippen LogP contribution >= 0.6 is 11.8 Å². The average Bonchev–Trinajstić information content (AvgIpc) is 3.18. The van der Waals surface area contributed by atoms with Crippen LogP contribution in [0.1, 0.15) is 11.5 Å². The molecule has 0 atom stereocenters. The van der Waals surface area contributed by atoms with Gasteiger partial charge in [-0.25, -0.2) is 0 Å². The molecule has 6 heteroatoms. The Morgan fingerprint density at radius 2 is 1.74 bits per heavy atom. The minimum atomic E-state index is 0.663. The summed E-state index contributed by atoms with van der Waals surface area (Å²) in [6.45, 7) is 6.90. The summed E-state index contributed by atoms with van der Waals surface area (Å²) in [4.78, 5) is 10.6. The van der Waals surface area contributed by atoms with Gasteiger partial charge in [-0.3, -0.25) is 4.90 Å². The van der Waals surface area contributed by atoms with Crippen LogP contribution in [-0.4, -0.2) is 47.5 Å². The van der Waals surface area contributed by atoms with Gasteiger partial charge >= 0.3 is 0 Å². The third-order valence-corrected chi connectivity index (χ3v) is 5.75. The molecule has 5 nitrogen and oxygen atoms in total. The fourth-order valence-electron chi connectivity index (χ4n) is 3.43. The van der Waals surface area contributed by atoms with Crippen LogP contribution in [0.25, 0.3) is 11.4 Å². The average molecular weight is 381 g/mol. The highest BCUT2D eigenvalue weighted by Crippen LogP contribution is 2.23. The first-order valence-corrected chi connectivity index (χ1v) is 10.5. The fraction of sp³-hybridized carbons (Fsp3) is 0.333. The van der Waals surface area contributed by atoms with E-state index in [4.69, 9.17) is 4.52 Å². The molecule has 0 spiro atoms. The largest absolute Gasteiger partial charge is 0.369 e. The maximum atomic E-state index is 5.49. The lowest BCUT2D eigenvalue weighted by molar-refractivity contribution is 0.215. The van der Waals surface area contributed by atoms with E-state index in [1.54, 1.807) is 11.8 Å². The molecule has 3 aromatic rings. The molecule has 2 aromatic carbocycles. The van der Waals surface area contributed by atoms with Gasteiger partial charge in [-0.15, -0.1) is 11.8 Å². The zero-order valence-corrected chi connectivity index (χ0v) is 16.6. The predicted octanol–water partition coefficient (Wildman–Crippen LogP) is 4.09. The molecule has 1 fully saturated rings. The van der Waals surface area contributed by atoms with Crippen LogP contribution in [0.15, 0.2) is 57.9 Å². The van der Waals surface area contributed by atoms with Gasteiger partial charge in [0.05, 0.1) is 6.54 Å². The molecule has 2 heterocycles. The number of hydrogen-bond donors (Lipinski definition) is 0. The summed E-state index contributed by atoms with van der Waals surface area (Å²) in [6, 6.07) is 16.8. The molecule has 0 amide bonds. The van der Waals surface area contributed by atoms with E-state index in [0.717, 1.165) is 31.7 Å². The van der Waals surface area contributed by atoms with Gasteiger partial charge in [0, 0.05) is 42.3 Å². The van der Waals surface area contributed by atoms with Crippen molar-refractivity contribution in [3.8, 4) is 11.4 Å². The smallest absolute Gasteiger partial charge is 0.241 e. The molecule has 1 aliphatic heterocycles. The van der Waals surface area contributed by atoms with E-state index in [2.05, 4.69) is 69.5 Å². The molecular formula is C21H24N4OS. The van der Waals surface area contributed by atoms with Crippen LogP contribution in [0.3, 0.4) is 0 Å². The summed E-state index contributed by atoms with van der Waals surface area (Å²) < 4.78 is 5.49. The van der Waals surface area contributed by atoms with Crippen molar-refractivity contribution in [3.63, 3.8) is 0 Å². The summed E-state index contributed by atoms with van der Waals surface area (Å²) in [5.74, 6) is 1.35. The molecule has 27 heavy (non-hydrogen) atoms. The van der Waals surface area contributed by atoms with Gasteiger partial charge in [0.15, 0.2) is 0 Å². The Balaban J connectivity index is 1.35. The second-order valence-electron chi connectivity index (χ2n) is 6.79. The number of aryl methyl sites for hydroxylation is 1. The van der Waals surface area contributed by atoms with Crippen LogP contribution in [0.5, 0.6) is 0 Å². The SMILES string of the molecule is CSc1ccc(-c2noc(CN3CCN(c4ccccc4C)CC3)n2)cc1. The molecular weight excluding hydrogens is 356 g/mol. The predicted molar refractivity (Wildman–Crippen MR) is 110 cm³/mol. The van der Waals surface area contributed by atoms with E-state index in [0.29, 0.717) is 18.3 Å². The number of thioether (sulfide) groups is 1. The molecule has 0 aliphatic carbocycles. The quantitative estimate of drug-likeness (QED) is 0.621. The number of anilines is 1. The first-order chi connectivity index (χ1) is 13.2. The van der Waals surface area contributed by atoms with Gasteiger partial charge in [-0.2, -0.15) is 4.98 Å². The lowest BCUT2D eigenvalue weighted by Gasteiger charge is -2.36. The Morgan fingerprint density at radius 3 is 2.44 bits per heavy atom. The van der Waals surface area contributed by atoms with E-state index in [1.165, 1.54) is 16.1 Å². The monoisotopic (exact) mass is 380 g/mol. The maximum Gasteiger partial charge on any atom is 0.241 e. The zero-order chi connectivity index (χ0) is 18.6. The van der Waals surface area contributed by atoms with Crippen molar-refractivity contribution >= 4 is 17.4 Å². The van der Waals surface area contributed by atoms with Crippen molar-refractivity contribution in [2.45, 2.75) is 18.4 Å². The van der Waals surface area contributed by atoms with Gasteiger partial charge in [0.25, 0.3) is 0 Å².